The van der Waals surface area contributed by atoms with E-state index in [-0.39, 0.29) is 22.5 Å². The molecule has 0 aliphatic carbocycles. The summed E-state index contributed by atoms with van der Waals surface area (Å²) in [5.41, 5.74) is 1.71. The summed E-state index contributed by atoms with van der Waals surface area (Å²) in [4.78, 5) is 50.6. The number of carbonyl (C=O) groups excluding carboxylic acids is 4. The molecule has 0 unspecified atom stereocenters. The fourth-order valence-electron chi connectivity index (χ4n) is 2.96. The second-order valence-corrected chi connectivity index (χ2v) is 8.43. The van der Waals surface area contributed by atoms with Gasteiger partial charge in [0.2, 0.25) is 0 Å². The Balaban J connectivity index is 1.88. The number of nitrogens with zero attached hydrogens (tertiary/aromatic N) is 1. The van der Waals surface area contributed by atoms with Gasteiger partial charge in [-0.15, -0.1) is 0 Å². The Hall–Kier alpha value is -3.59. The molecule has 0 spiro atoms. The first-order chi connectivity index (χ1) is 15.7. The summed E-state index contributed by atoms with van der Waals surface area (Å²) < 4.78 is 15.9. The lowest BCUT2D eigenvalue weighted by Crippen LogP contribution is -2.35. The summed E-state index contributed by atoms with van der Waals surface area (Å²) in [6.07, 6.45) is 1.06. The normalized spacial score (nSPS) is 14.7. The predicted octanol–water partition coefficient (Wildman–Crippen LogP) is 4.21. The van der Waals surface area contributed by atoms with Crippen molar-refractivity contribution in [1.82, 2.24) is 4.90 Å². The van der Waals surface area contributed by atoms with Crippen LogP contribution in [0.5, 0.6) is 11.5 Å². The molecular formula is C24H23NO7S. The van der Waals surface area contributed by atoms with Crippen LogP contribution in [0.3, 0.4) is 0 Å². The minimum atomic E-state index is -0.678. The second-order valence-electron chi connectivity index (χ2n) is 7.44. The molecule has 2 aromatic carbocycles. The number of benzene rings is 2. The number of methoxy groups -OCH3 is 1. The van der Waals surface area contributed by atoms with Crippen LogP contribution in [0.4, 0.5) is 4.79 Å². The number of carbonyl (C=O) groups is 4. The van der Waals surface area contributed by atoms with Crippen LogP contribution in [0.1, 0.15) is 35.3 Å². The van der Waals surface area contributed by atoms with Crippen molar-refractivity contribution < 1.29 is 33.4 Å². The van der Waals surface area contributed by atoms with Gasteiger partial charge in [0.15, 0.2) is 11.5 Å². The maximum atomic E-state index is 12.8. The van der Waals surface area contributed by atoms with Crippen molar-refractivity contribution in [3.05, 3.63) is 64.1 Å². The van der Waals surface area contributed by atoms with E-state index in [1.165, 1.54) is 13.2 Å². The molecule has 1 heterocycles. The molecule has 2 amide bonds. The Morgan fingerprint density at radius 1 is 1.09 bits per heavy atom. The molecule has 0 atom stereocenters. The number of thioether (sulfide) groups is 1. The lowest BCUT2D eigenvalue weighted by Gasteiger charge is -2.14. The summed E-state index contributed by atoms with van der Waals surface area (Å²) >= 11 is 0.686. The number of amides is 2. The SMILES string of the molecule is COc1cccc(/C=C2\SC(=O)N(CC(=O)OC(C)C)C2=O)c1OC(=O)c1ccc(C)cc1. The van der Waals surface area contributed by atoms with Crippen LogP contribution in [0.2, 0.25) is 0 Å². The molecule has 1 fully saturated rings. The number of esters is 2. The van der Waals surface area contributed by atoms with E-state index in [2.05, 4.69) is 0 Å². The first kappa shape index (κ1) is 24.1. The van der Waals surface area contributed by atoms with Crippen LogP contribution < -0.4 is 9.47 Å². The van der Waals surface area contributed by atoms with Gasteiger partial charge in [0.25, 0.3) is 11.1 Å². The van der Waals surface area contributed by atoms with Gasteiger partial charge < -0.3 is 14.2 Å². The van der Waals surface area contributed by atoms with Crippen LogP contribution in [-0.4, -0.2) is 47.7 Å². The third-order valence-electron chi connectivity index (χ3n) is 4.53. The zero-order valence-electron chi connectivity index (χ0n) is 18.6. The lowest BCUT2D eigenvalue weighted by molar-refractivity contribution is -0.149. The molecule has 0 bridgehead atoms. The Morgan fingerprint density at radius 2 is 1.79 bits per heavy atom. The third kappa shape index (κ3) is 5.81. The van der Waals surface area contributed by atoms with Crippen LogP contribution in [0.15, 0.2) is 47.4 Å². The van der Waals surface area contributed by atoms with Gasteiger partial charge in [-0.1, -0.05) is 29.8 Å². The van der Waals surface area contributed by atoms with Crippen molar-refractivity contribution in [2.75, 3.05) is 13.7 Å². The van der Waals surface area contributed by atoms with Crippen LogP contribution in [0.25, 0.3) is 6.08 Å². The number of ether oxygens (including phenoxy) is 3. The molecule has 9 heteroatoms. The predicted molar refractivity (Wildman–Crippen MR) is 123 cm³/mol. The Labute approximate surface area is 195 Å². The number of imide groups is 1. The van der Waals surface area contributed by atoms with Gasteiger partial charge in [0.05, 0.1) is 23.7 Å². The maximum absolute atomic E-state index is 12.8. The van der Waals surface area contributed by atoms with E-state index in [0.29, 0.717) is 22.9 Å². The van der Waals surface area contributed by atoms with Crippen LogP contribution in [0, 0.1) is 6.92 Å². The third-order valence-corrected chi connectivity index (χ3v) is 5.43. The number of para-hydroxylation sites is 1. The van der Waals surface area contributed by atoms with Crippen LogP contribution in [-0.2, 0) is 14.3 Å². The van der Waals surface area contributed by atoms with Crippen LogP contribution >= 0.6 is 11.8 Å². The minimum Gasteiger partial charge on any atom is -0.493 e. The highest BCUT2D eigenvalue weighted by atomic mass is 32.2. The molecule has 0 N–H and O–H groups in total. The van der Waals surface area contributed by atoms with E-state index in [0.717, 1.165) is 10.5 Å². The van der Waals surface area contributed by atoms with Gasteiger partial charge in [-0.25, -0.2) is 4.79 Å². The fraction of sp³-hybridized carbons (Fsp3) is 0.250. The van der Waals surface area contributed by atoms with E-state index >= 15 is 0 Å². The van der Waals surface area contributed by atoms with Crippen molar-refractivity contribution in [3.63, 3.8) is 0 Å². The van der Waals surface area contributed by atoms with E-state index in [1.54, 1.807) is 56.3 Å². The molecule has 2 aromatic rings. The number of hydrogen-bond acceptors (Lipinski definition) is 8. The zero-order valence-corrected chi connectivity index (χ0v) is 19.4. The molecular weight excluding hydrogens is 446 g/mol. The molecule has 172 valence electrons. The van der Waals surface area contributed by atoms with Crippen molar-refractivity contribution in [2.24, 2.45) is 0 Å². The standard InChI is InChI=1S/C24H23NO7S/c1-14(2)31-20(26)13-25-22(27)19(33-24(25)29)12-17-6-5-7-18(30-4)21(17)32-23(28)16-10-8-15(3)9-11-16/h5-12,14H,13H2,1-4H3/b19-12-. The molecule has 8 nitrogen and oxygen atoms in total. The zero-order chi connectivity index (χ0) is 24.1. The molecule has 1 aliphatic heterocycles. The van der Waals surface area contributed by atoms with Gasteiger partial charge in [0.1, 0.15) is 6.54 Å². The first-order valence-corrected chi connectivity index (χ1v) is 10.9. The average Bonchev–Trinajstić information content (AvgIpc) is 3.02. The molecule has 3 rings (SSSR count). The highest BCUT2D eigenvalue weighted by Gasteiger charge is 2.37. The van der Waals surface area contributed by atoms with E-state index in [1.807, 2.05) is 6.92 Å². The minimum absolute atomic E-state index is 0.0817. The lowest BCUT2D eigenvalue weighted by atomic mass is 10.1. The highest BCUT2D eigenvalue weighted by Crippen LogP contribution is 2.37. The van der Waals surface area contributed by atoms with Gasteiger partial charge in [-0.05, 0) is 56.8 Å². The van der Waals surface area contributed by atoms with E-state index < -0.39 is 29.6 Å². The summed E-state index contributed by atoms with van der Waals surface area (Å²) in [5.74, 6) is -1.52. The molecule has 1 aliphatic rings. The van der Waals surface area contributed by atoms with E-state index in [9.17, 15) is 19.2 Å². The summed E-state index contributed by atoms with van der Waals surface area (Å²) in [7, 11) is 1.43. The quantitative estimate of drug-likeness (QED) is 0.338. The molecule has 0 saturated carbocycles. The van der Waals surface area contributed by atoms with Gasteiger partial charge in [0, 0.05) is 5.56 Å². The summed E-state index contributed by atoms with van der Waals surface area (Å²) in [6, 6.07) is 11.8. The maximum Gasteiger partial charge on any atom is 0.343 e. The fourth-order valence-corrected chi connectivity index (χ4v) is 3.79. The van der Waals surface area contributed by atoms with Gasteiger partial charge in [-0.3, -0.25) is 19.3 Å². The summed E-state index contributed by atoms with van der Waals surface area (Å²) in [6.45, 7) is 4.78. The summed E-state index contributed by atoms with van der Waals surface area (Å²) in [5, 5.41) is -0.590. The smallest absolute Gasteiger partial charge is 0.343 e. The average molecular weight is 470 g/mol. The van der Waals surface area contributed by atoms with Crippen molar-refractivity contribution in [2.45, 2.75) is 26.9 Å². The Kier molecular flexibility index (Phi) is 7.55. The topological polar surface area (TPSA) is 99.2 Å². The Bertz CT molecular complexity index is 1120. The van der Waals surface area contributed by atoms with Gasteiger partial charge >= 0.3 is 11.9 Å². The largest absolute Gasteiger partial charge is 0.493 e. The van der Waals surface area contributed by atoms with Gasteiger partial charge in [-0.2, -0.15) is 0 Å². The molecule has 33 heavy (non-hydrogen) atoms. The monoisotopic (exact) mass is 469 g/mol. The second kappa shape index (κ2) is 10.4. The van der Waals surface area contributed by atoms with Crippen molar-refractivity contribution in [1.29, 1.82) is 0 Å². The number of aryl methyl sites for hydroxylation is 1. The highest BCUT2D eigenvalue weighted by molar-refractivity contribution is 8.18. The van der Waals surface area contributed by atoms with E-state index in [4.69, 9.17) is 14.2 Å². The van der Waals surface area contributed by atoms with Crippen molar-refractivity contribution in [3.8, 4) is 11.5 Å². The molecule has 0 aromatic heterocycles. The number of rotatable bonds is 7. The molecule has 1 saturated heterocycles. The number of hydrogen-bond donors (Lipinski definition) is 0. The molecule has 0 radical (unpaired) electrons. The van der Waals surface area contributed by atoms with Crippen molar-refractivity contribution >= 4 is 40.9 Å². The Morgan fingerprint density at radius 3 is 2.42 bits per heavy atom. The first-order valence-electron chi connectivity index (χ1n) is 10.1.